The fourth-order valence-corrected chi connectivity index (χ4v) is 4.82. The van der Waals surface area contributed by atoms with E-state index in [-0.39, 0.29) is 0 Å². The SMILES string of the molecule is COc1ccc(-n2nnnc2C(Nc2ccc(-c3ocnc3C)cc2)c2nnn3c2CCCC3)c(C)c1. The number of anilines is 1. The van der Waals surface area contributed by atoms with Gasteiger partial charge >= 0.3 is 0 Å². The van der Waals surface area contributed by atoms with Crippen molar-refractivity contribution in [3.63, 3.8) is 0 Å². The van der Waals surface area contributed by atoms with E-state index in [1.54, 1.807) is 11.8 Å². The van der Waals surface area contributed by atoms with Crippen molar-refractivity contribution in [3.05, 3.63) is 77.3 Å². The molecule has 3 aromatic heterocycles. The molecule has 0 radical (unpaired) electrons. The summed E-state index contributed by atoms with van der Waals surface area (Å²) < 4.78 is 14.7. The largest absolute Gasteiger partial charge is 0.497 e. The number of oxazole rings is 1. The minimum atomic E-state index is -0.420. The molecule has 0 bridgehead atoms. The standard InChI is InChI=1S/C26H27N9O2/c1-16-14-20(36-3)11-12-21(16)35-26(30-31-33-35)24(23-22-6-4-5-13-34(22)32-29-23)28-19-9-7-18(8-10-19)25-17(2)27-15-37-25/h7-12,14-15,24,28H,4-6,13H2,1-3H3. The molecule has 0 aliphatic carbocycles. The normalized spacial score (nSPS) is 13.8. The third kappa shape index (κ3) is 4.22. The van der Waals surface area contributed by atoms with E-state index in [9.17, 15) is 0 Å². The molecule has 4 heterocycles. The predicted molar refractivity (Wildman–Crippen MR) is 136 cm³/mol. The molecular weight excluding hydrogens is 470 g/mol. The van der Waals surface area contributed by atoms with Crippen LogP contribution in [0, 0.1) is 13.8 Å². The second-order valence-corrected chi connectivity index (χ2v) is 9.12. The van der Waals surface area contributed by atoms with Crippen LogP contribution in [-0.4, -0.2) is 47.3 Å². The highest BCUT2D eigenvalue weighted by atomic mass is 16.5. The van der Waals surface area contributed by atoms with Crippen molar-refractivity contribution < 1.29 is 9.15 Å². The van der Waals surface area contributed by atoms with Gasteiger partial charge in [0.2, 0.25) is 0 Å². The van der Waals surface area contributed by atoms with Crippen molar-refractivity contribution in [2.24, 2.45) is 0 Å². The Kier molecular flexibility index (Phi) is 5.87. The van der Waals surface area contributed by atoms with Crippen molar-refractivity contribution >= 4 is 5.69 Å². The molecule has 37 heavy (non-hydrogen) atoms. The summed E-state index contributed by atoms with van der Waals surface area (Å²) in [5, 5.41) is 25.5. The summed E-state index contributed by atoms with van der Waals surface area (Å²) in [4.78, 5) is 4.20. The van der Waals surface area contributed by atoms with E-state index >= 15 is 0 Å². The smallest absolute Gasteiger partial charge is 0.185 e. The molecule has 1 unspecified atom stereocenters. The Morgan fingerprint density at radius 1 is 1.03 bits per heavy atom. The first-order chi connectivity index (χ1) is 18.1. The number of ether oxygens (including phenoxy) is 1. The summed E-state index contributed by atoms with van der Waals surface area (Å²) >= 11 is 0. The van der Waals surface area contributed by atoms with E-state index in [1.807, 2.05) is 61.0 Å². The Morgan fingerprint density at radius 3 is 2.65 bits per heavy atom. The zero-order chi connectivity index (χ0) is 25.4. The fourth-order valence-electron chi connectivity index (χ4n) is 4.82. The number of hydrogen-bond acceptors (Lipinski definition) is 9. The van der Waals surface area contributed by atoms with Gasteiger partial charge in [-0.25, -0.2) is 9.67 Å². The van der Waals surface area contributed by atoms with Crippen LogP contribution < -0.4 is 10.1 Å². The minimum absolute atomic E-state index is 0.420. The Balaban J connectivity index is 1.41. The molecule has 1 aliphatic heterocycles. The molecule has 188 valence electrons. The number of aromatic nitrogens is 8. The van der Waals surface area contributed by atoms with Gasteiger partial charge in [-0.1, -0.05) is 5.21 Å². The maximum absolute atomic E-state index is 5.55. The van der Waals surface area contributed by atoms with Gasteiger partial charge in [-0.05, 0) is 91.6 Å². The number of nitrogens with one attached hydrogen (secondary N) is 1. The van der Waals surface area contributed by atoms with Crippen LogP contribution >= 0.6 is 0 Å². The van der Waals surface area contributed by atoms with Gasteiger partial charge < -0.3 is 14.5 Å². The molecule has 0 spiro atoms. The second kappa shape index (κ2) is 9.49. The van der Waals surface area contributed by atoms with Gasteiger partial charge in [0, 0.05) is 17.8 Å². The van der Waals surface area contributed by atoms with Gasteiger partial charge in [0.1, 0.15) is 17.5 Å². The Morgan fingerprint density at radius 2 is 1.89 bits per heavy atom. The molecule has 5 aromatic rings. The van der Waals surface area contributed by atoms with Crippen molar-refractivity contribution in [1.82, 2.24) is 40.2 Å². The number of aryl methyl sites for hydroxylation is 3. The first-order valence-corrected chi connectivity index (χ1v) is 12.2. The highest BCUT2D eigenvalue weighted by molar-refractivity contribution is 5.63. The lowest BCUT2D eigenvalue weighted by molar-refractivity contribution is 0.414. The van der Waals surface area contributed by atoms with Crippen molar-refractivity contribution in [1.29, 1.82) is 0 Å². The van der Waals surface area contributed by atoms with Crippen molar-refractivity contribution in [3.8, 4) is 22.8 Å². The monoisotopic (exact) mass is 497 g/mol. The Hall–Kier alpha value is -4.54. The van der Waals surface area contributed by atoms with Crippen LogP contribution in [0.3, 0.4) is 0 Å². The Labute approximate surface area is 213 Å². The van der Waals surface area contributed by atoms with E-state index < -0.39 is 6.04 Å². The van der Waals surface area contributed by atoms with Crippen LogP contribution in [-0.2, 0) is 13.0 Å². The second-order valence-electron chi connectivity index (χ2n) is 9.12. The summed E-state index contributed by atoms with van der Waals surface area (Å²) in [6.07, 6.45) is 4.57. The zero-order valence-corrected chi connectivity index (χ0v) is 20.9. The number of benzene rings is 2. The van der Waals surface area contributed by atoms with E-state index in [2.05, 4.69) is 36.1 Å². The van der Waals surface area contributed by atoms with E-state index in [1.165, 1.54) is 6.39 Å². The van der Waals surface area contributed by atoms with E-state index in [0.29, 0.717) is 5.82 Å². The number of fused-ring (bicyclic) bond motifs is 1. The summed E-state index contributed by atoms with van der Waals surface area (Å²) in [7, 11) is 1.65. The first kappa shape index (κ1) is 22.9. The molecule has 0 fully saturated rings. The predicted octanol–water partition coefficient (Wildman–Crippen LogP) is 4.07. The number of hydrogen-bond donors (Lipinski definition) is 1. The molecule has 6 rings (SSSR count). The van der Waals surface area contributed by atoms with E-state index in [4.69, 9.17) is 9.15 Å². The van der Waals surface area contributed by atoms with Crippen LogP contribution in [0.2, 0.25) is 0 Å². The van der Waals surface area contributed by atoms with Crippen LogP contribution in [0.15, 0.2) is 53.3 Å². The van der Waals surface area contributed by atoms with Gasteiger partial charge in [-0.2, -0.15) is 4.68 Å². The van der Waals surface area contributed by atoms with Crippen LogP contribution in [0.25, 0.3) is 17.0 Å². The molecule has 1 aliphatic rings. The third-order valence-electron chi connectivity index (χ3n) is 6.76. The lowest BCUT2D eigenvalue weighted by atomic mass is 10.0. The molecule has 0 amide bonds. The van der Waals surface area contributed by atoms with Crippen LogP contribution in [0.5, 0.6) is 5.75 Å². The van der Waals surface area contributed by atoms with E-state index in [0.717, 1.165) is 76.9 Å². The first-order valence-electron chi connectivity index (χ1n) is 12.2. The summed E-state index contributed by atoms with van der Waals surface area (Å²) in [5.74, 6) is 2.16. The van der Waals surface area contributed by atoms with Crippen LogP contribution in [0.1, 0.15) is 47.4 Å². The third-order valence-corrected chi connectivity index (χ3v) is 6.76. The summed E-state index contributed by atoms with van der Waals surface area (Å²) in [6.45, 7) is 4.80. The topological polar surface area (TPSA) is 122 Å². The number of rotatable bonds is 7. The number of methoxy groups -OCH3 is 1. The molecule has 2 aromatic carbocycles. The highest BCUT2D eigenvalue weighted by Crippen LogP contribution is 2.32. The average molecular weight is 498 g/mol. The van der Waals surface area contributed by atoms with Gasteiger partial charge in [-0.15, -0.1) is 10.2 Å². The molecule has 1 N–H and O–H groups in total. The van der Waals surface area contributed by atoms with Gasteiger partial charge in [0.15, 0.2) is 18.0 Å². The lowest BCUT2D eigenvalue weighted by Gasteiger charge is -2.21. The number of tetrazole rings is 1. The highest BCUT2D eigenvalue weighted by Gasteiger charge is 2.30. The molecule has 0 saturated heterocycles. The Bertz CT molecular complexity index is 1530. The number of nitrogens with zero attached hydrogens (tertiary/aromatic N) is 8. The molecule has 0 saturated carbocycles. The minimum Gasteiger partial charge on any atom is -0.497 e. The maximum Gasteiger partial charge on any atom is 0.185 e. The molecule has 11 nitrogen and oxygen atoms in total. The quantitative estimate of drug-likeness (QED) is 0.354. The van der Waals surface area contributed by atoms with Crippen LogP contribution in [0.4, 0.5) is 5.69 Å². The van der Waals surface area contributed by atoms with Crippen molar-refractivity contribution in [2.75, 3.05) is 12.4 Å². The molecular formula is C26H27N9O2. The summed E-state index contributed by atoms with van der Waals surface area (Å²) in [6, 6.07) is 13.4. The summed E-state index contributed by atoms with van der Waals surface area (Å²) in [5.41, 5.74) is 6.49. The van der Waals surface area contributed by atoms with Gasteiger partial charge in [-0.3, -0.25) is 0 Å². The fraction of sp³-hybridized carbons (Fsp3) is 0.308. The zero-order valence-electron chi connectivity index (χ0n) is 20.9. The van der Waals surface area contributed by atoms with Gasteiger partial charge in [0.25, 0.3) is 0 Å². The molecule has 1 atom stereocenters. The maximum atomic E-state index is 5.55. The average Bonchev–Trinajstić information content (AvgIpc) is 3.68. The lowest BCUT2D eigenvalue weighted by Crippen LogP contribution is -2.21. The van der Waals surface area contributed by atoms with Crippen molar-refractivity contribution in [2.45, 2.75) is 45.7 Å². The van der Waals surface area contributed by atoms with Gasteiger partial charge in [0.05, 0.1) is 24.2 Å². The molecule has 11 heteroatoms.